The van der Waals surface area contributed by atoms with Gasteiger partial charge in [-0.25, -0.2) is 4.79 Å². The van der Waals surface area contributed by atoms with Crippen molar-refractivity contribution in [3.63, 3.8) is 0 Å². The molecule has 4 rings (SSSR count). The highest BCUT2D eigenvalue weighted by atomic mass is 16.8. The molecule has 0 aromatic heterocycles. The maximum atomic E-state index is 12.3. The third-order valence-corrected chi connectivity index (χ3v) is 8.77. The Bertz CT molecular complexity index is 1180. The van der Waals surface area contributed by atoms with E-state index in [0.717, 1.165) is 13.8 Å². The molecule has 4 saturated heterocycles. The average Bonchev–Trinajstić information content (AvgIpc) is 3.04. The van der Waals surface area contributed by atoms with Gasteiger partial charge in [0.05, 0.1) is 18.8 Å². The van der Waals surface area contributed by atoms with Crippen LogP contribution in [0.15, 0.2) is 0 Å². The summed E-state index contributed by atoms with van der Waals surface area (Å²) in [5.74, 6) is -3.35. The number of amides is 1. The Morgan fingerprint density at radius 1 is 0.620 bits per heavy atom. The Labute approximate surface area is 283 Å². The summed E-state index contributed by atoms with van der Waals surface area (Å²) in [6.45, 7) is 3.91. The number of esters is 1. The van der Waals surface area contributed by atoms with Crippen molar-refractivity contribution >= 4 is 17.8 Å². The Balaban J connectivity index is 1.59. The molecular formula is C28H45NO21. The number of hydrogen-bond donors (Lipinski definition) is 11. The van der Waals surface area contributed by atoms with Gasteiger partial charge in [0.1, 0.15) is 73.2 Å². The summed E-state index contributed by atoms with van der Waals surface area (Å²) >= 11 is 0. The van der Waals surface area contributed by atoms with Crippen molar-refractivity contribution in [2.45, 2.75) is 150 Å². The van der Waals surface area contributed by atoms with Gasteiger partial charge in [-0.05, 0) is 13.8 Å². The minimum atomic E-state index is -2.18. The zero-order valence-electron chi connectivity index (χ0n) is 27.2. The number of ether oxygens (including phenoxy) is 8. The zero-order chi connectivity index (χ0) is 37.4. The lowest BCUT2D eigenvalue weighted by Gasteiger charge is -2.49. The molecule has 0 spiro atoms. The van der Waals surface area contributed by atoms with E-state index in [1.165, 1.54) is 13.8 Å². The Morgan fingerprint density at radius 2 is 1.20 bits per heavy atom. The SMILES string of the molecule is CC(=O)NC1C(OC2C(O)OC(C)C(OC(C)=O)C2O)OC(CO)C(O)C1OC1OC(C(=O)O)C(OC2O[C@@H](C)C(O)C(O)C2O)C(O)C1O. The van der Waals surface area contributed by atoms with E-state index in [9.17, 15) is 65.4 Å². The highest BCUT2D eigenvalue weighted by molar-refractivity contribution is 5.74. The number of carboxylic acid groups (broad SMARTS) is 1. The van der Waals surface area contributed by atoms with Gasteiger partial charge in [0.15, 0.2) is 37.4 Å². The number of carbonyl (C=O) groups excluding carboxylic acids is 2. The highest BCUT2D eigenvalue weighted by Crippen LogP contribution is 2.34. The van der Waals surface area contributed by atoms with Gasteiger partial charge >= 0.3 is 11.9 Å². The van der Waals surface area contributed by atoms with Crippen LogP contribution >= 0.6 is 0 Å². The molecule has 288 valence electrons. The number of hydrogen-bond acceptors (Lipinski definition) is 20. The van der Waals surface area contributed by atoms with Crippen molar-refractivity contribution in [1.29, 1.82) is 0 Å². The van der Waals surface area contributed by atoms with E-state index in [0.29, 0.717) is 0 Å². The summed E-state index contributed by atoms with van der Waals surface area (Å²) in [6.07, 6.45) is -33.6. The molecule has 4 heterocycles. The van der Waals surface area contributed by atoms with E-state index < -0.39 is 147 Å². The molecule has 0 aliphatic carbocycles. The predicted octanol–water partition coefficient (Wildman–Crippen LogP) is -6.89. The minimum absolute atomic E-state index is 0.780. The normalized spacial score (nSPS) is 48.4. The summed E-state index contributed by atoms with van der Waals surface area (Å²) in [6, 6.07) is -1.64. The molecular weight excluding hydrogens is 686 g/mol. The molecule has 19 unspecified atom stereocenters. The zero-order valence-corrected chi connectivity index (χ0v) is 27.2. The number of aliphatic carboxylic acids is 1. The first kappa shape index (κ1) is 40.5. The van der Waals surface area contributed by atoms with Gasteiger partial charge < -0.3 is 94.3 Å². The number of nitrogens with one attached hydrogen (secondary N) is 1. The maximum Gasteiger partial charge on any atom is 0.335 e. The lowest BCUT2D eigenvalue weighted by molar-refractivity contribution is -0.375. The number of carboxylic acids is 1. The van der Waals surface area contributed by atoms with Gasteiger partial charge in [0, 0.05) is 13.8 Å². The molecule has 20 atom stereocenters. The van der Waals surface area contributed by atoms with Crippen molar-refractivity contribution in [2.75, 3.05) is 6.61 Å². The minimum Gasteiger partial charge on any atom is -0.479 e. The first-order chi connectivity index (χ1) is 23.4. The number of aliphatic hydroxyl groups excluding tert-OH is 9. The summed E-state index contributed by atoms with van der Waals surface area (Å²) in [7, 11) is 0. The van der Waals surface area contributed by atoms with Crippen LogP contribution < -0.4 is 5.32 Å². The van der Waals surface area contributed by atoms with Gasteiger partial charge in [-0.2, -0.15) is 0 Å². The van der Waals surface area contributed by atoms with Gasteiger partial charge in [0.25, 0.3) is 0 Å². The largest absolute Gasteiger partial charge is 0.479 e. The fraction of sp³-hybridized carbons (Fsp3) is 0.893. The van der Waals surface area contributed by atoms with Crippen LogP contribution in [-0.2, 0) is 52.3 Å². The second kappa shape index (κ2) is 16.6. The molecule has 0 radical (unpaired) electrons. The number of aliphatic hydroxyl groups is 9. The Hall–Kier alpha value is -2.23. The van der Waals surface area contributed by atoms with Crippen molar-refractivity contribution in [3.8, 4) is 0 Å². The lowest BCUT2D eigenvalue weighted by atomic mass is 9.94. The van der Waals surface area contributed by atoms with Crippen LogP contribution in [0.25, 0.3) is 0 Å². The van der Waals surface area contributed by atoms with Crippen LogP contribution in [0.5, 0.6) is 0 Å². The summed E-state index contributed by atoms with van der Waals surface area (Å²) in [5.41, 5.74) is 0. The van der Waals surface area contributed by atoms with Crippen molar-refractivity contribution in [1.82, 2.24) is 5.32 Å². The first-order valence-corrected chi connectivity index (χ1v) is 15.7. The first-order valence-electron chi connectivity index (χ1n) is 15.7. The van der Waals surface area contributed by atoms with Crippen molar-refractivity contribution in [3.05, 3.63) is 0 Å². The second-order valence-electron chi connectivity index (χ2n) is 12.5. The third kappa shape index (κ3) is 8.52. The lowest BCUT2D eigenvalue weighted by Crippen LogP contribution is -2.70. The molecule has 0 aromatic rings. The molecule has 4 fully saturated rings. The Kier molecular flexibility index (Phi) is 13.5. The Morgan fingerprint density at radius 3 is 1.78 bits per heavy atom. The highest BCUT2D eigenvalue weighted by Gasteiger charge is 2.56. The van der Waals surface area contributed by atoms with Gasteiger partial charge in [-0.15, -0.1) is 0 Å². The van der Waals surface area contributed by atoms with Crippen LogP contribution in [0.3, 0.4) is 0 Å². The fourth-order valence-corrected chi connectivity index (χ4v) is 6.14. The predicted molar refractivity (Wildman–Crippen MR) is 153 cm³/mol. The van der Waals surface area contributed by atoms with E-state index >= 15 is 0 Å². The molecule has 0 bridgehead atoms. The van der Waals surface area contributed by atoms with E-state index in [-0.39, 0.29) is 0 Å². The van der Waals surface area contributed by atoms with E-state index in [1.54, 1.807) is 0 Å². The van der Waals surface area contributed by atoms with Gasteiger partial charge in [-0.1, -0.05) is 0 Å². The van der Waals surface area contributed by atoms with Crippen molar-refractivity contribution < 1.29 is 103 Å². The smallest absolute Gasteiger partial charge is 0.335 e. The average molecular weight is 732 g/mol. The maximum absolute atomic E-state index is 12.3. The van der Waals surface area contributed by atoms with Crippen LogP contribution in [0.2, 0.25) is 0 Å². The summed E-state index contributed by atoms with van der Waals surface area (Å²) in [4.78, 5) is 36.2. The monoisotopic (exact) mass is 731 g/mol. The number of rotatable bonds is 10. The third-order valence-electron chi connectivity index (χ3n) is 8.77. The van der Waals surface area contributed by atoms with Crippen LogP contribution in [0.1, 0.15) is 27.7 Å². The molecule has 0 aromatic carbocycles. The molecule has 50 heavy (non-hydrogen) atoms. The van der Waals surface area contributed by atoms with Gasteiger partial charge in [0.2, 0.25) is 5.91 Å². The van der Waals surface area contributed by atoms with Crippen LogP contribution in [0, 0.1) is 0 Å². The van der Waals surface area contributed by atoms with E-state index in [1.807, 2.05) is 0 Å². The quantitative estimate of drug-likeness (QED) is 0.0930. The van der Waals surface area contributed by atoms with E-state index in [2.05, 4.69) is 5.32 Å². The van der Waals surface area contributed by atoms with Gasteiger partial charge in [-0.3, -0.25) is 9.59 Å². The molecule has 4 aliphatic heterocycles. The molecule has 11 N–H and O–H groups in total. The molecule has 22 heteroatoms. The topological polar surface area (TPSA) is 339 Å². The van der Waals surface area contributed by atoms with E-state index in [4.69, 9.17) is 37.9 Å². The molecule has 1 amide bonds. The summed E-state index contributed by atoms with van der Waals surface area (Å²) < 4.78 is 43.8. The second-order valence-corrected chi connectivity index (χ2v) is 12.5. The standard InChI is InChI=1S/C28H45NO21/c1-6-12(33)14(35)16(37)27(44-6)48-21-15(36)17(38)28(50-23(21)24(40)41)47-20-11(29-8(3)31)26(46-10(5-30)13(20)34)49-22-18(39)19(45-9(4)32)7(2)43-25(22)42/h6-7,10-23,25-28,30,33-39,42H,5H2,1-4H3,(H,29,31)(H,40,41)/t6-,7?,10?,11?,12?,13?,14?,15?,16?,17?,18?,19?,20?,21?,22?,23?,25?,26?,27?,28?/m0/s1. The van der Waals surface area contributed by atoms with Crippen LogP contribution in [-0.4, -0.2) is 198 Å². The molecule has 0 saturated carbocycles. The fourth-order valence-electron chi connectivity index (χ4n) is 6.14. The summed E-state index contributed by atoms with van der Waals surface area (Å²) in [5, 5.41) is 107. The van der Waals surface area contributed by atoms with Crippen LogP contribution in [0.4, 0.5) is 0 Å². The van der Waals surface area contributed by atoms with Crippen molar-refractivity contribution in [2.24, 2.45) is 0 Å². The number of carbonyl (C=O) groups is 3. The molecule has 4 aliphatic rings. The molecule has 22 nitrogen and oxygen atoms in total.